The fourth-order valence-corrected chi connectivity index (χ4v) is 1.70. The molecule has 15 heavy (non-hydrogen) atoms. The molecule has 84 valence electrons. The quantitative estimate of drug-likeness (QED) is 0.823. The summed E-state index contributed by atoms with van der Waals surface area (Å²) in [5, 5.41) is 10.4. The van der Waals surface area contributed by atoms with Crippen molar-refractivity contribution in [2.75, 3.05) is 5.33 Å². The number of H-pyrrole nitrogens is 1. The number of rotatable bonds is 4. The van der Waals surface area contributed by atoms with Crippen molar-refractivity contribution in [1.29, 1.82) is 0 Å². The number of amides is 1. The molecule has 0 spiro atoms. The predicted molar refractivity (Wildman–Crippen MR) is 63.2 cm³/mol. The van der Waals surface area contributed by atoms with Crippen molar-refractivity contribution in [3.05, 3.63) is 17.5 Å². The van der Waals surface area contributed by atoms with Gasteiger partial charge in [0.05, 0.1) is 11.8 Å². The lowest BCUT2D eigenvalue weighted by molar-refractivity contribution is 0.0930. The number of nitrogens with zero attached hydrogens (tertiary/aromatic N) is 1. The van der Waals surface area contributed by atoms with Crippen LogP contribution in [0.5, 0.6) is 0 Å². The van der Waals surface area contributed by atoms with Gasteiger partial charge in [-0.2, -0.15) is 5.10 Å². The van der Waals surface area contributed by atoms with Crippen LogP contribution in [-0.4, -0.2) is 27.5 Å². The Morgan fingerprint density at radius 3 is 2.80 bits per heavy atom. The maximum absolute atomic E-state index is 11.8. The van der Waals surface area contributed by atoms with Crippen LogP contribution in [0.1, 0.15) is 29.9 Å². The zero-order valence-electron chi connectivity index (χ0n) is 9.17. The molecular weight excluding hydrogens is 258 g/mol. The maximum Gasteiger partial charge on any atom is 0.254 e. The summed E-state index contributed by atoms with van der Waals surface area (Å²) in [5.74, 6) is 0.336. The Morgan fingerprint density at radius 2 is 2.33 bits per heavy atom. The summed E-state index contributed by atoms with van der Waals surface area (Å²) in [6.07, 6.45) is 1.55. The normalized spacial score (nSPS) is 14.7. The van der Waals surface area contributed by atoms with Gasteiger partial charge < -0.3 is 5.32 Å². The molecule has 0 bridgehead atoms. The lowest BCUT2D eigenvalue weighted by Gasteiger charge is -2.18. The van der Waals surface area contributed by atoms with Crippen molar-refractivity contribution in [1.82, 2.24) is 15.5 Å². The molecule has 1 heterocycles. The third-order valence-electron chi connectivity index (χ3n) is 2.53. The van der Waals surface area contributed by atoms with Crippen LogP contribution in [0.3, 0.4) is 0 Å². The molecule has 0 fully saturated rings. The van der Waals surface area contributed by atoms with Crippen molar-refractivity contribution in [2.24, 2.45) is 5.92 Å². The van der Waals surface area contributed by atoms with E-state index in [-0.39, 0.29) is 11.9 Å². The van der Waals surface area contributed by atoms with E-state index in [4.69, 9.17) is 0 Å². The smallest absolute Gasteiger partial charge is 0.254 e. The molecule has 2 N–H and O–H groups in total. The predicted octanol–water partition coefficient (Wildman–Crippen LogP) is 1.87. The minimum atomic E-state index is -0.0680. The SMILES string of the molecule is Cc1[nH]ncc1C(=O)NC(C)C(C)CBr. The van der Waals surface area contributed by atoms with Gasteiger partial charge in [0.2, 0.25) is 0 Å². The van der Waals surface area contributed by atoms with E-state index in [0.29, 0.717) is 11.5 Å². The molecule has 0 aromatic carbocycles. The summed E-state index contributed by atoms with van der Waals surface area (Å²) in [4.78, 5) is 11.8. The molecule has 2 unspecified atom stereocenters. The third kappa shape index (κ3) is 3.06. The highest BCUT2D eigenvalue weighted by Crippen LogP contribution is 2.08. The highest BCUT2D eigenvalue weighted by atomic mass is 79.9. The summed E-state index contributed by atoms with van der Waals surface area (Å²) < 4.78 is 0. The second-order valence-corrected chi connectivity index (χ2v) is 4.45. The number of alkyl halides is 1. The molecule has 0 saturated heterocycles. The first-order chi connectivity index (χ1) is 7.06. The van der Waals surface area contributed by atoms with Gasteiger partial charge in [0.15, 0.2) is 0 Å². The Bertz CT molecular complexity index is 337. The van der Waals surface area contributed by atoms with E-state index in [2.05, 4.69) is 38.4 Å². The average molecular weight is 274 g/mol. The first kappa shape index (κ1) is 12.2. The Labute approximate surface area is 98.0 Å². The third-order valence-corrected chi connectivity index (χ3v) is 3.55. The van der Waals surface area contributed by atoms with Crippen molar-refractivity contribution in [2.45, 2.75) is 26.8 Å². The Balaban J connectivity index is 2.60. The van der Waals surface area contributed by atoms with E-state index in [1.807, 2.05) is 13.8 Å². The molecule has 0 radical (unpaired) electrons. The van der Waals surface area contributed by atoms with Gasteiger partial charge in [0, 0.05) is 17.1 Å². The van der Waals surface area contributed by atoms with Crippen LogP contribution in [0.4, 0.5) is 0 Å². The molecule has 4 nitrogen and oxygen atoms in total. The molecule has 0 aliphatic heterocycles. The van der Waals surface area contributed by atoms with Crippen LogP contribution in [-0.2, 0) is 0 Å². The van der Waals surface area contributed by atoms with Gasteiger partial charge >= 0.3 is 0 Å². The zero-order valence-corrected chi connectivity index (χ0v) is 10.8. The number of hydrogen-bond donors (Lipinski definition) is 2. The summed E-state index contributed by atoms with van der Waals surface area (Å²) in [6, 6.07) is 0.145. The van der Waals surface area contributed by atoms with E-state index in [1.165, 1.54) is 0 Å². The number of aromatic amines is 1. The second kappa shape index (κ2) is 5.30. The number of carbonyl (C=O) groups excluding carboxylic acids is 1. The minimum absolute atomic E-state index is 0.0680. The topological polar surface area (TPSA) is 57.8 Å². The molecule has 5 heteroatoms. The highest BCUT2D eigenvalue weighted by Gasteiger charge is 2.16. The van der Waals surface area contributed by atoms with Gasteiger partial charge in [-0.1, -0.05) is 22.9 Å². The van der Waals surface area contributed by atoms with Crippen LogP contribution >= 0.6 is 15.9 Å². The Morgan fingerprint density at radius 1 is 1.67 bits per heavy atom. The van der Waals surface area contributed by atoms with Crippen molar-refractivity contribution >= 4 is 21.8 Å². The standard InChI is InChI=1S/C10H16BrN3O/c1-6(4-11)7(2)13-10(15)9-5-12-14-8(9)3/h5-7H,4H2,1-3H3,(H,12,14)(H,13,15). The van der Waals surface area contributed by atoms with Crippen LogP contribution < -0.4 is 5.32 Å². The number of aryl methyl sites for hydroxylation is 1. The number of nitrogens with one attached hydrogen (secondary N) is 2. The summed E-state index contributed by atoms with van der Waals surface area (Å²) in [6.45, 7) is 5.92. The lowest BCUT2D eigenvalue weighted by atomic mass is 10.1. The summed E-state index contributed by atoms with van der Waals surface area (Å²) in [7, 11) is 0. The maximum atomic E-state index is 11.8. The van der Waals surface area contributed by atoms with Crippen molar-refractivity contribution in [3.63, 3.8) is 0 Å². The minimum Gasteiger partial charge on any atom is -0.349 e. The molecule has 1 aromatic heterocycles. The van der Waals surface area contributed by atoms with Gasteiger partial charge in [-0.25, -0.2) is 0 Å². The van der Waals surface area contributed by atoms with Gasteiger partial charge in [0.1, 0.15) is 0 Å². The van der Waals surface area contributed by atoms with E-state index >= 15 is 0 Å². The average Bonchev–Trinajstić information content (AvgIpc) is 2.63. The molecule has 0 saturated carbocycles. The highest BCUT2D eigenvalue weighted by molar-refractivity contribution is 9.09. The lowest BCUT2D eigenvalue weighted by Crippen LogP contribution is -2.37. The van der Waals surface area contributed by atoms with Gasteiger partial charge in [-0.05, 0) is 19.8 Å². The van der Waals surface area contributed by atoms with Gasteiger partial charge in [0.25, 0.3) is 5.91 Å². The van der Waals surface area contributed by atoms with Crippen molar-refractivity contribution in [3.8, 4) is 0 Å². The molecular formula is C10H16BrN3O. The Kier molecular flexibility index (Phi) is 4.32. The number of halogens is 1. The second-order valence-electron chi connectivity index (χ2n) is 3.80. The number of carbonyl (C=O) groups is 1. The van der Waals surface area contributed by atoms with E-state index in [1.54, 1.807) is 6.20 Å². The molecule has 2 atom stereocenters. The molecule has 0 aliphatic carbocycles. The zero-order chi connectivity index (χ0) is 11.4. The molecule has 1 rings (SSSR count). The fraction of sp³-hybridized carbons (Fsp3) is 0.600. The monoisotopic (exact) mass is 273 g/mol. The van der Waals surface area contributed by atoms with Crippen LogP contribution in [0.15, 0.2) is 6.20 Å². The van der Waals surface area contributed by atoms with Gasteiger partial charge in [-0.3, -0.25) is 9.89 Å². The largest absolute Gasteiger partial charge is 0.349 e. The number of aromatic nitrogens is 2. The van der Waals surface area contributed by atoms with Crippen LogP contribution in [0.2, 0.25) is 0 Å². The number of hydrogen-bond acceptors (Lipinski definition) is 2. The van der Waals surface area contributed by atoms with E-state index in [9.17, 15) is 4.79 Å². The van der Waals surface area contributed by atoms with Crippen LogP contribution in [0.25, 0.3) is 0 Å². The molecule has 1 amide bonds. The Hall–Kier alpha value is -0.840. The van der Waals surface area contributed by atoms with E-state index in [0.717, 1.165) is 11.0 Å². The van der Waals surface area contributed by atoms with E-state index < -0.39 is 0 Å². The molecule has 1 aromatic rings. The molecule has 0 aliphatic rings. The summed E-state index contributed by atoms with van der Waals surface area (Å²) in [5.41, 5.74) is 1.41. The first-order valence-corrected chi connectivity index (χ1v) is 6.05. The van der Waals surface area contributed by atoms with Gasteiger partial charge in [-0.15, -0.1) is 0 Å². The first-order valence-electron chi connectivity index (χ1n) is 4.93. The van der Waals surface area contributed by atoms with Crippen molar-refractivity contribution < 1.29 is 4.79 Å². The van der Waals surface area contributed by atoms with Crippen LogP contribution in [0, 0.1) is 12.8 Å². The summed E-state index contributed by atoms with van der Waals surface area (Å²) >= 11 is 3.40. The fourth-order valence-electron chi connectivity index (χ4n) is 1.14.